The van der Waals surface area contributed by atoms with Crippen LogP contribution in [0.5, 0.6) is 0 Å². The van der Waals surface area contributed by atoms with Gasteiger partial charge in [0, 0.05) is 25.2 Å². The van der Waals surface area contributed by atoms with Crippen LogP contribution in [0.15, 0.2) is 0 Å². The minimum absolute atomic E-state index is 0.00881. The third kappa shape index (κ3) is 8.22. The zero-order valence-electron chi connectivity index (χ0n) is 39.2. The van der Waals surface area contributed by atoms with Crippen molar-refractivity contribution in [1.29, 1.82) is 0 Å². The maximum Gasteiger partial charge on any atom is 0.302 e. The van der Waals surface area contributed by atoms with Crippen LogP contribution in [0.1, 0.15) is 99.8 Å². The Morgan fingerprint density at radius 2 is 1.29 bits per heavy atom. The van der Waals surface area contributed by atoms with Crippen molar-refractivity contribution in [2.45, 2.75) is 222 Å². The van der Waals surface area contributed by atoms with E-state index in [4.69, 9.17) is 42.6 Å². The van der Waals surface area contributed by atoms with Crippen LogP contribution in [0.4, 0.5) is 0 Å². The van der Waals surface area contributed by atoms with Crippen LogP contribution in [0.2, 0.25) is 0 Å². The molecular weight excluding hydrogens is 868 g/mol. The van der Waals surface area contributed by atoms with Crippen LogP contribution >= 0.6 is 0 Å². The molecule has 0 aromatic rings. The first-order chi connectivity index (χ1) is 31.1. The highest BCUT2D eigenvalue weighted by Gasteiger charge is 2.71. The van der Waals surface area contributed by atoms with E-state index in [1.54, 1.807) is 0 Å². The lowest BCUT2D eigenvalue weighted by Crippen LogP contribution is -2.67. The molecule has 19 heteroatoms. The van der Waals surface area contributed by atoms with Gasteiger partial charge in [-0.25, -0.2) is 0 Å². The first-order valence-electron chi connectivity index (χ1n) is 24.6. The predicted octanol–water partition coefficient (Wildman–Crippen LogP) is -0.166. The Kier molecular flexibility index (Phi) is 13.9. The summed E-state index contributed by atoms with van der Waals surface area (Å²) < 4.78 is 56.2. The molecule has 0 aromatic carbocycles. The van der Waals surface area contributed by atoms with E-state index in [0.29, 0.717) is 37.2 Å². The molecule has 9 fully saturated rings. The van der Waals surface area contributed by atoms with Crippen molar-refractivity contribution in [2.75, 3.05) is 13.2 Å². The number of carbonyl (C=O) groups excluding carboxylic acids is 1. The molecule has 66 heavy (non-hydrogen) atoms. The molecule has 29 atom stereocenters. The molecule has 378 valence electrons. The molecule has 0 radical (unpaired) electrons. The van der Waals surface area contributed by atoms with Gasteiger partial charge in [-0.3, -0.25) is 4.79 Å². The Hall–Kier alpha value is -1.21. The molecule has 9 N–H and O–H groups in total. The minimum atomic E-state index is -1.81. The molecule has 4 aliphatic carbocycles. The smallest absolute Gasteiger partial charge is 0.302 e. The van der Waals surface area contributed by atoms with Crippen molar-refractivity contribution < 1.29 is 93.4 Å². The Labute approximate surface area is 386 Å². The first-order valence-corrected chi connectivity index (χ1v) is 24.6. The molecule has 19 nitrogen and oxygen atoms in total. The molecule has 0 unspecified atom stereocenters. The van der Waals surface area contributed by atoms with Crippen LogP contribution in [-0.2, 0) is 47.4 Å². The number of ether oxygens (including phenoxy) is 9. The molecule has 5 saturated heterocycles. The third-order valence-corrected chi connectivity index (χ3v) is 18.5. The highest BCUT2D eigenvalue weighted by molar-refractivity contribution is 5.66. The molecule has 0 bridgehead atoms. The zero-order valence-corrected chi connectivity index (χ0v) is 39.2. The van der Waals surface area contributed by atoms with E-state index < -0.39 is 134 Å². The summed E-state index contributed by atoms with van der Waals surface area (Å²) in [5.74, 6) is 0.579. The summed E-state index contributed by atoms with van der Waals surface area (Å²) in [5, 5.41) is 98.6. The van der Waals surface area contributed by atoms with Gasteiger partial charge < -0.3 is 88.6 Å². The van der Waals surface area contributed by atoms with Crippen molar-refractivity contribution >= 4 is 5.97 Å². The molecule has 1 spiro atoms. The number of esters is 1. The fourth-order valence-electron chi connectivity index (χ4n) is 15.0. The van der Waals surface area contributed by atoms with Crippen molar-refractivity contribution in [2.24, 2.45) is 52.3 Å². The summed E-state index contributed by atoms with van der Waals surface area (Å²) in [5.41, 5.74) is -0.485. The van der Waals surface area contributed by atoms with Gasteiger partial charge in [0.05, 0.1) is 43.7 Å². The number of hydrogen-bond acceptors (Lipinski definition) is 19. The Bertz CT molecular complexity index is 1720. The quantitative estimate of drug-likeness (QED) is 0.113. The SMILES string of the molecule is CC(=O)O[C@H]1C[C@@H]2[C@H](CC[C@]3(C)[C@@H]4[C@H](C[C@@H]23)O[C@]2(CC[C@@H](C)CO2)[C@H]4C)[C@@]2(C)C[C@@H](O)[C@H](O[C@@H]3O[C@H](CO)[C@@H](O[C@H]4O[C@H](C)[C@@H](O)[C@H](O)[C@@H]4O)[C@H](O)[C@H]3O[C@H]3O[C@H](C)[C@@H](O)[C@H](O)[C@@H]3O)C[C@H]12. The number of rotatable bonds is 8. The van der Waals surface area contributed by atoms with E-state index in [1.807, 2.05) is 0 Å². The highest BCUT2D eigenvalue weighted by Crippen LogP contribution is 2.71. The van der Waals surface area contributed by atoms with Gasteiger partial charge in [-0.05, 0) is 99.2 Å². The second-order valence-corrected chi connectivity index (χ2v) is 22.4. The Morgan fingerprint density at radius 3 is 1.88 bits per heavy atom. The number of aliphatic hydroxyl groups is 9. The lowest BCUT2D eigenvalue weighted by atomic mass is 9.43. The number of fused-ring (bicyclic) bond motifs is 7. The summed E-state index contributed by atoms with van der Waals surface area (Å²) >= 11 is 0. The zero-order chi connectivity index (χ0) is 47.5. The standard InChI is InChI=1S/C47H76O19/c1-18-8-11-47(58-17-18)19(2)32-30(66-47)13-25-23-12-28(61-22(5)49)26-14-29(27(50)15-46(26,7)24(23)9-10-45(25,32)6)62-44-41(65-43-38(56)36(54)34(52)21(4)60-43)39(57)40(31(16-48)63-44)64-42-37(55)35(53)33(51)20(3)59-42/h18-21,23-44,48,50-57H,8-17H2,1-7H3/t18-,19+,20-,21-,23-,24+,25+,26-,27-,28+,29-,30+,31-,32+,33-,34-,35+,36+,37+,38+,39+,40-,41-,42-,43-,44-,45+,46-,47-/m1/s1. The van der Waals surface area contributed by atoms with Gasteiger partial charge in [0.25, 0.3) is 0 Å². The van der Waals surface area contributed by atoms with E-state index in [0.717, 1.165) is 32.1 Å². The maximum atomic E-state index is 12.9. The molecule has 0 aromatic heterocycles. The minimum Gasteiger partial charge on any atom is -0.462 e. The van der Waals surface area contributed by atoms with Crippen molar-refractivity contribution in [3.8, 4) is 0 Å². The molecule has 9 aliphatic rings. The second-order valence-electron chi connectivity index (χ2n) is 22.4. The Balaban J connectivity index is 0.963. The number of aliphatic hydroxyl groups excluding tert-OH is 9. The fourth-order valence-corrected chi connectivity index (χ4v) is 15.0. The van der Waals surface area contributed by atoms with Crippen LogP contribution in [0.3, 0.4) is 0 Å². The third-order valence-electron chi connectivity index (χ3n) is 18.5. The summed E-state index contributed by atoms with van der Waals surface area (Å²) in [6.07, 6.45) is -19.7. The molecule has 9 rings (SSSR count). The van der Waals surface area contributed by atoms with E-state index in [2.05, 4.69) is 27.7 Å². The van der Waals surface area contributed by atoms with E-state index in [9.17, 15) is 50.8 Å². The van der Waals surface area contributed by atoms with Crippen molar-refractivity contribution in [3.63, 3.8) is 0 Å². The molecule has 5 heterocycles. The number of hydrogen-bond donors (Lipinski definition) is 9. The summed E-state index contributed by atoms with van der Waals surface area (Å²) in [7, 11) is 0. The van der Waals surface area contributed by atoms with Gasteiger partial charge in [-0.2, -0.15) is 0 Å². The van der Waals surface area contributed by atoms with E-state index >= 15 is 0 Å². The van der Waals surface area contributed by atoms with Crippen molar-refractivity contribution in [3.05, 3.63) is 0 Å². The molecule has 5 aliphatic heterocycles. The molecular formula is C47H76O19. The van der Waals surface area contributed by atoms with Crippen molar-refractivity contribution in [1.82, 2.24) is 0 Å². The van der Waals surface area contributed by atoms with Gasteiger partial charge in [-0.15, -0.1) is 0 Å². The average molecular weight is 945 g/mol. The van der Waals surface area contributed by atoms with Gasteiger partial charge >= 0.3 is 5.97 Å². The van der Waals surface area contributed by atoms with Crippen LogP contribution in [0, 0.1) is 52.3 Å². The van der Waals surface area contributed by atoms with Gasteiger partial charge in [0.2, 0.25) is 0 Å². The van der Waals surface area contributed by atoms with Crippen LogP contribution < -0.4 is 0 Å². The maximum absolute atomic E-state index is 12.9. The van der Waals surface area contributed by atoms with E-state index in [-0.39, 0.29) is 41.6 Å². The topological polar surface area (TPSA) is 282 Å². The number of carbonyl (C=O) groups is 1. The van der Waals surface area contributed by atoms with Gasteiger partial charge in [0.15, 0.2) is 24.7 Å². The van der Waals surface area contributed by atoms with Crippen LogP contribution in [-0.4, -0.2) is 187 Å². The normalized spacial score (nSPS) is 58.2. The second kappa shape index (κ2) is 18.4. The predicted molar refractivity (Wildman–Crippen MR) is 225 cm³/mol. The van der Waals surface area contributed by atoms with Gasteiger partial charge in [0.1, 0.15) is 67.1 Å². The monoisotopic (exact) mass is 944 g/mol. The molecule has 4 saturated carbocycles. The fraction of sp³-hybridized carbons (Fsp3) is 0.979. The highest BCUT2D eigenvalue weighted by atomic mass is 16.8. The average Bonchev–Trinajstić information content (AvgIpc) is 3.72. The van der Waals surface area contributed by atoms with Crippen LogP contribution in [0.25, 0.3) is 0 Å². The van der Waals surface area contributed by atoms with Gasteiger partial charge in [-0.1, -0.05) is 27.7 Å². The lowest BCUT2D eigenvalue weighted by Gasteiger charge is -2.63. The summed E-state index contributed by atoms with van der Waals surface area (Å²) in [6.45, 7) is 13.4. The summed E-state index contributed by atoms with van der Waals surface area (Å²) in [4.78, 5) is 12.9. The first kappa shape index (κ1) is 49.8. The van der Waals surface area contributed by atoms with E-state index in [1.165, 1.54) is 20.8 Å². The summed E-state index contributed by atoms with van der Waals surface area (Å²) in [6, 6.07) is 0. The Morgan fingerprint density at radius 1 is 0.652 bits per heavy atom. The largest absolute Gasteiger partial charge is 0.462 e. The molecule has 0 amide bonds. The lowest BCUT2D eigenvalue weighted by molar-refractivity contribution is -0.392.